The van der Waals surface area contributed by atoms with Crippen LogP contribution in [-0.2, 0) is 6.54 Å². The predicted molar refractivity (Wildman–Crippen MR) is 108 cm³/mol. The molecule has 2 aromatic rings. The van der Waals surface area contributed by atoms with E-state index in [0.29, 0.717) is 24.9 Å². The number of nitro groups is 1. The maximum Gasteiger partial charge on any atom is 0.270 e. The quantitative estimate of drug-likeness (QED) is 0.500. The van der Waals surface area contributed by atoms with Gasteiger partial charge in [0.25, 0.3) is 5.69 Å². The van der Waals surface area contributed by atoms with Crippen molar-refractivity contribution in [3.8, 4) is 5.75 Å². The Kier molecular flexibility index (Phi) is 6.59. The van der Waals surface area contributed by atoms with Crippen LogP contribution in [0.25, 0.3) is 0 Å². The highest BCUT2D eigenvalue weighted by Gasteiger charge is 2.25. The van der Waals surface area contributed by atoms with Gasteiger partial charge in [0.15, 0.2) is 0 Å². The summed E-state index contributed by atoms with van der Waals surface area (Å²) in [6.07, 6.45) is 3.74. The van der Waals surface area contributed by atoms with Crippen molar-refractivity contribution in [2.24, 2.45) is 0 Å². The van der Waals surface area contributed by atoms with Gasteiger partial charge in [0.05, 0.1) is 11.5 Å². The Hall–Kier alpha value is -2.94. The molecule has 1 aliphatic rings. The van der Waals surface area contributed by atoms with Crippen LogP contribution in [0.3, 0.4) is 0 Å². The Morgan fingerprint density at radius 1 is 1.36 bits per heavy atom. The molecule has 150 valence electrons. The lowest BCUT2D eigenvalue weighted by molar-refractivity contribution is -0.384. The van der Waals surface area contributed by atoms with E-state index in [4.69, 9.17) is 4.74 Å². The van der Waals surface area contributed by atoms with Gasteiger partial charge in [-0.05, 0) is 25.8 Å². The number of aromatic nitrogens is 2. The number of rotatable bonds is 9. The minimum atomic E-state index is -0.383. The normalized spacial score (nSPS) is 16.2. The van der Waals surface area contributed by atoms with Crippen LogP contribution >= 0.6 is 0 Å². The Balaban J connectivity index is 1.65. The lowest BCUT2D eigenvalue weighted by atomic mass is 10.1. The van der Waals surface area contributed by atoms with E-state index >= 15 is 0 Å². The molecule has 9 heteroatoms. The molecule has 0 saturated carbocycles. The van der Waals surface area contributed by atoms with E-state index in [0.717, 1.165) is 43.1 Å². The average Bonchev–Trinajstić information content (AvgIpc) is 3.17. The molecule has 2 N–H and O–H groups in total. The SMILES string of the molecule is CCOc1ccc([N+](=O)[O-])cc1CNCC1CCCN1c1cc(NC)ncn1. The second kappa shape index (κ2) is 9.32. The first-order valence-corrected chi connectivity index (χ1v) is 9.49. The molecule has 2 heterocycles. The van der Waals surface area contributed by atoms with Gasteiger partial charge in [0, 0.05) is 56.5 Å². The zero-order valence-electron chi connectivity index (χ0n) is 16.2. The molecule has 1 aromatic heterocycles. The van der Waals surface area contributed by atoms with E-state index in [-0.39, 0.29) is 10.6 Å². The van der Waals surface area contributed by atoms with Crippen LogP contribution in [0.2, 0.25) is 0 Å². The molecule has 1 saturated heterocycles. The number of ether oxygens (including phenoxy) is 1. The van der Waals surface area contributed by atoms with Crippen LogP contribution in [0.1, 0.15) is 25.3 Å². The molecular formula is C19H26N6O3. The van der Waals surface area contributed by atoms with Gasteiger partial charge in [-0.1, -0.05) is 0 Å². The monoisotopic (exact) mass is 386 g/mol. The van der Waals surface area contributed by atoms with Gasteiger partial charge < -0.3 is 20.3 Å². The molecule has 1 aromatic carbocycles. The van der Waals surface area contributed by atoms with Crippen molar-refractivity contribution in [3.05, 3.63) is 46.3 Å². The number of non-ortho nitro benzene ring substituents is 1. The summed E-state index contributed by atoms with van der Waals surface area (Å²) in [5.74, 6) is 2.38. The summed E-state index contributed by atoms with van der Waals surface area (Å²) in [7, 11) is 1.84. The van der Waals surface area contributed by atoms with Gasteiger partial charge in [0.1, 0.15) is 23.7 Å². The maximum atomic E-state index is 11.1. The number of hydrogen-bond donors (Lipinski definition) is 2. The topological polar surface area (TPSA) is 105 Å². The second-order valence-electron chi connectivity index (χ2n) is 6.61. The summed E-state index contributed by atoms with van der Waals surface area (Å²) in [5.41, 5.74) is 0.864. The summed E-state index contributed by atoms with van der Waals surface area (Å²) in [6.45, 7) is 4.63. The third kappa shape index (κ3) is 4.66. The van der Waals surface area contributed by atoms with Gasteiger partial charge in [-0.3, -0.25) is 10.1 Å². The molecule has 28 heavy (non-hydrogen) atoms. The van der Waals surface area contributed by atoms with E-state index in [1.807, 2.05) is 20.0 Å². The van der Waals surface area contributed by atoms with Crippen molar-refractivity contribution in [1.82, 2.24) is 15.3 Å². The van der Waals surface area contributed by atoms with Crippen molar-refractivity contribution < 1.29 is 9.66 Å². The number of benzene rings is 1. The lowest BCUT2D eigenvalue weighted by Gasteiger charge is -2.26. The van der Waals surface area contributed by atoms with Gasteiger partial charge in [-0.25, -0.2) is 9.97 Å². The molecule has 0 spiro atoms. The molecule has 1 atom stereocenters. The van der Waals surface area contributed by atoms with Crippen molar-refractivity contribution in [2.75, 3.05) is 37.0 Å². The summed E-state index contributed by atoms with van der Waals surface area (Å²) in [6, 6.07) is 6.98. The third-order valence-corrected chi connectivity index (χ3v) is 4.83. The molecule has 3 rings (SSSR count). The van der Waals surface area contributed by atoms with Crippen molar-refractivity contribution >= 4 is 17.3 Å². The highest BCUT2D eigenvalue weighted by Crippen LogP contribution is 2.26. The fourth-order valence-electron chi connectivity index (χ4n) is 3.48. The largest absolute Gasteiger partial charge is 0.494 e. The molecule has 0 amide bonds. The minimum absolute atomic E-state index is 0.0725. The summed E-state index contributed by atoms with van der Waals surface area (Å²) in [5, 5.41) is 17.6. The highest BCUT2D eigenvalue weighted by molar-refractivity contribution is 5.49. The fourth-order valence-corrected chi connectivity index (χ4v) is 3.48. The van der Waals surface area contributed by atoms with E-state index in [2.05, 4.69) is 25.5 Å². The zero-order valence-corrected chi connectivity index (χ0v) is 16.2. The van der Waals surface area contributed by atoms with Crippen molar-refractivity contribution in [3.63, 3.8) is 0 Å². The number of nitro benzene ring substituents is 1. The van der Waals surface area contributed by atoms with Gasteiger partial charge in [-0.2, -0.15) is 0 Å². The minimum Gasteiger partial charge on any atom is -0.494 e. The predicted octanol–water partition coefficient (Wildman–Crippen LogP) is 2.58. The van der Waals surface area contributed by atoms with Crippen molar-refractivity contribution in [2.45, 2.75) is 32.4 Å². The van der Waals surface area contributed by atoms with Crippen LogP contribution in [0, 0.1) is 10.1 Å². The van der Waals surface area contributed by atoms with Crippen LogP contribution in [0.15, 0.2) is 30.6 Å². The Bertz CT molecular complexity index is 816. The lowest BCUT2D eigenvalue weighted by Crippen LogP contribution is -2.38. The molecule has 0 radical (unpaired) electrons. The van der Waals surface area contributed by atoms with E-state index in [9.17, 15) is 10.1 Å². The first kappa shape index (κ1) is 19.8. The molecule has 9 nitrogen and oxygen atoms in total. The zero-order chi connectivity index (χ0) is 19.9. The van der Waals surface area contributed by atoms with E-state index in [1.165, 1.54) is 6.07 Å². The van der Waals surface area contributed by atoms with Gasteiger partial charge in [-0.15, -0.1) is 0 Å². The smallest absolute Gasteiger partial charge is 0.270 e. The number of anilines is 2. The van der Waals surface area contributed by atoms with E-state index < -0.39 is 0 Å². The molecule has 0 bridgehead atoms. The molecular weight excluding hydrogens is 360 g/mol. The molecule has 1 aliphatic heterocycles. The summed E-state index contributed by atoms with van der Waals surface area (Å²) >= 11 is 0. The fraction of sp³-hybridized carbons (Fsp3) is 0.474. The third-order valence-electron chi connectivity index (χ3n) is 4.83. The van der Waals surface area contributed by atoms with Crippen LogP contribution in [-0.4, -0.2) is 47.7 Å². The Morgan fingerprint density at radius 3 is 2.96 bits per heavy atom. The standard InChI is InChI=1S/C19H26N6O3/c1-3-28-17-7-6-15(25(26)27)9-14(17)11-21-12-16-5-4-8-24(16)19-10-18(20-2)22-13-23-19/h6-7,9-10,13,16,21H,3-5,8,11-12H2,1-2H3,(H,20,22,23). The van der Waals surface area contributed by atoms with Crippen molar-refractivity contribution in [1.29, 1.82) is 0 Å². The number of nitrogens with one attached hydrogen (secondary N) is 2. The molecule has 0 aliphatic carbocycles. The highest BCUT2D eigenvalue weighted by atomic mass is 16.6. The Labute approximate surface area is 164 Å². The van der Waals surface area contributed by atoms with E-state index in [1.54, 1.807) is 18.5 Å². The average molecular weight is 386 g/mol. The van der Waals surface area contributed by atoms with Crippen LogP contribution in [0.4, 0.5) is 17.3 Å². The second-order valence-corrected chi connectivity index (χ2v) is 6.61. The number of nitrogens with zero attached hydrogens (tertiary/aromatic N) is 4. The number of hydrogen-bond acceptors (Lipinski definition) is 8. The maximum absolute atomic E-state index is 11.1. The summed E-state index contributed by atoms with van der Waals surface area (Å²) < 4.78 is 5.61. The first-order chi connectivity index (χ1) is 13.6. The van der Waals surface area contributed by atoms with Gasteiger partial charge in [0.2, 0.25) is 0 Å². The van der Waals surface area contributed by atoms with Crippen LogP contribution < -0.4 is 20.3 Å². The Morgan fingerprint density at radius 2 is 2.21 bits per heavy atom. The first-order valence-electron chi connectivity index (χ1n) is 9.49. The van der Waals surface area contributed by atoms with Gasteiger partial charge >= 0.3 is 0 Å². The summed E-state index contributed by atoms with van der Waals surface area (Å²) in [4.78, 5) is 21.6. The molecule has 1 unspecified atom stereocenters. The van der Waals surface area contributed by atoms with Crippen LogP contribution in [0.5, 0.6) is 5.75 Å². The molecule has 1 fully saturated rings.